The first-order valence-corrected chi connectivity index (χ1v) is 5.87. The average Bonchev–Trinajstić information content (AvgIpc) is 2.29. The Bertz CT molecular complexity index is 545. The number of anilines is 1. The molecule has 0 atom stereocenters. The van der Waals surface area contributed by atoms with E-state index in [1.165, 1.54) is 12.4 Å². The van der Waals surface area contributed by atoms with E-state index in [0.29, 0.717) is 11.4 Å². The molecule has 1 aromatic carbocycles. The second kappa shape index (κ2) is 5.25. The fourth-order valence-corrected chi connectivity index (χ4v) is 1.60. The van der Waals surface area contributed by atoms with Crippen LogP contribution in [0.15, 0.2) is 41.1 Å². The molecule has 0 unspecified atom stereocenters. The van der Waals surface area contributed by atoms with Crippen LogP contribution in [0.1, 0.15) is 10.4 Å². The zero-order valence-corrected chi connectivity index (χ0v) is 10.9. The summed E-state index contributed by atoms with van der Waals surface area (Å²) in [6.07, 6.45) is 2.83. The van der Waals surface area contributed by atoms with Gasteiger partial charge in [-0.2, -0.15) is 0 Å². The molecule has 0 saturated carbocycles. The van der Waals surface area contributed by atoms with Crippen molar-refractivity contribution < 1.29 is 4.79 Å². The van der Waals surface area contributed by atoms with Crippen LogP contribution in [0.2, 0.25) is 5.15 Å². The van der Waals surface area contributed by atoms with Gasteiger partial charge in [0.25, 0.3) is 5.91 Å². The molecule has 17 heavy (non-hydrogen) atoms. The lowest BCUT2D eigenvalue weighted by atomic mass is 10.2. The van der Waals surface area contributed by atoms with Gasteiger partial charge in [-0.25, -0.2) is 4.98 Å². The van der Waals surface area contributed by atoms with Crippen LogP contribution in [-0.2, 0) is 0 Å². The van der Waals surface area contributed by atoms with E-state index in [1.807, 2.05) is 0 Å². The molecule has 0 bridgehead atoms. The van der Waals surface area contributed by atoms with Gasteiger partial charge < -0.3 is 5.32 Å². The summed E-state index contributed by atoms with van der Waals surface area (Å²) in [5, 5.41) is 2.84. The first-order valence-electron chi connectivity index (χ1n) is 4.69. The van der Waals surface area contributed by atoms with Crippen molar-refractivity contribution in [1.82, 2.24) is 9.97 Å². The minimum absolute atomic E-state index is 0.235. The molecule has 0 aliphatic carbocycles. The number of halogens is 2. The van der Waals surface area contributed by atoms with Crippen LogP contribution in [0.3, 0.4) is 0 Å². The molecule has 0 radical (unpaired) electrons. The van der Waals surface area contributed by atoms with Crippen LogP contribution in [0.4, 0.5) is 5.82 Å². The SMILES string of the molecule is O=C(Nc1cncc(Cl)n1)c1ccc(Br)cc1. The monoisotopic (exact) mass is 311 g/mol. The van der Waals surface area contributed by atoms with Gasteiger partial charge in [0.15, 0.2) is 5.82 Å². The molecular formula is C11H7BrClN3O. The average molecular weight is 313 g/mol. The molecular weight excluding hydrogens is 305 g/mol. The molecule has 6 heteroatoms. The highest BCUT2D eigenvalue weighted by molar-refractivity contribution is 9.10. The summed E-state index contributed by atoms with van der Waals surface area (Å²) in [6, 6.07) is 6.99. The highest BCUT2D eigenvalue weighted by Crippen LogP contribution is 2.12. The lowest BCUT2D eigenvalue weighted by molar-refractivity contribution is 0.102. The summed E-state index contributed by atoms with van der Waals surface area (Å²) >= 11 is 8.96. The lowest BCUT2D eigenvalue weighted by Crippen LogP contribution is -2.13. The summed E-state index contributed by atoms with van der Waals surface area (Å²) in [7, 11) is 0. The van der Waals surface area contributed by atoms with Gasteiger partial charge in [0, 0.05) is 10.0 Å². The van der Waals surface area contributed by atoms with Crippen LogP contribution in [0, 0.1) is 0 Å². The van der Waals surface area contributed by atoms with Crippen LogP contribution in [0.25, 0.3) is 0 Å². The van der Waals surface area contributed by atoms with Gasteiger partial charge in [0.2, 0.25) is 0 Å². The standard InChI is InChI=1S/C11H7BrClN3O/c12-8-3-1-7(2-4-8)11(17)16-10-6-14-5-9(13)15-10/h1-6H,(H,15,16,17). The first kappa shape index (κ1) is 12.0. The number of nitrogens with one attached hydrogen (secondary N) is 1. The molecule has 0 fully saturated rings. The molecule has 0 spiro atoms. The van der Waals surface area contributed by atoms with Gasteiger partial charge in [-0.05, 0) is 24.3 Å². The summed E-state index contributed by atoms with van der Waals surface area (Å²) in [5.74, 6) is 0.0690. The van der Waals surface area contributed by atoms with Crippen LogP contribution >= 0.6 is 27.5 Å². The number of amides is 1. The molecule has 4 nitrogen and oxygen atoms in total. The highest BCUT2D eigenvalue weighted by atomic mass is 79.9. The number of hydrogen-bond donors (Lipinski definition) is 1. The van der Waals surface area contributed by atoms with E-state index in [2.05, 4.69) is 31.2 Å². The second-order valence-corrected chi connectivity index (χ2v) is 4.49. The van der Waals surface area contributed by atoms with E-state index >= 15 is 0 Å². The zero-order chi connectivity index (χ0) is 12.3. The van der Waals surface area contributed by atoms with Crippen LogP contribution < -0.4 is 5.32 Å². The molecule has 2 rings (SSSR count). The molecule has 86 valence electrons. The van der Waals surface area contributed by atoms with Crippen molar-refractivity contribution in [2.75, 3.05) is 5.32 Å². The molecule has 1 amide bonds. The number of rotatable bonds is 2. The predicted molar refractivity (Wildman–Crippen MR) is 69.1 cm³/mol. The van der Waals surface area contributed by atoms with Crippen molar-refractivity contribution in [1.29, 1.82) is 0 Å². The molecule has 2 aromatic rings. The third kappa shape index (κ3) is 3.25. The van der Waals surface area contributed by atoms with Crippen LogP contribution in [-0.4, -0.2) is 15.9 Å². The third-order valence-corrected chi connectivity index (χ3v) is 2.66. The Kier molecular flexibility index (Phi) is 3.71. The summed E-state index contributed by atoms with van der Waals surface area (Å²) in [6.45, 7) is 0. The minimum atomic E-state index is -0.255. The number of nitrogens with zero attached hydrogens (tertiary/aromatic N) is 2. The van der Waals surface area contributed by atoms with Crippen molar-refractivity contribution in [2.24, 2.45) is 0 Å². The van der Waals surface area contributed by atoms with Crippen LogP contribution in [0.5, 0.6) is 0 Å². The Balaban J connectivity index is 2.14. The first-order chi connectivity index (χ1) is 8.15. The number of carbonyl (C=O) groups is 1. The summed E-state index contributed by atoms with van der Waals surface area (Å²) < 4.78 is 0.914. The fraction of sp³-hybridized carbons (Fsp3) is 0. The predicted octanol–water partition coefficient (Wildman–Crippen LogP) is 3.14. The largest absolute Gasteiger partial charge is 0.305 e. The molecule has 0 aliphatic heterocycles. The van der Waals surface area contributed by atoms with Gasteiger partial charge in [-0.1, -0.05) is 27.5 Å². The Morgan fingerprint density at radius 1 is 1.24 bits per heavy atom. The van der Waals surface area contributed by atoms with Crippen molar-refractivity contribution in [3.8, 4) is 0 Å². The van der Waals surface area contributed by atoms with E-state index in [4.69, 9.17) is 11.6 Å². The zero-order valence-electron chi connectivity index (χ0n) is 8.52. The Morgan fingerprint density at radius 3 is 2.59 bits per heavy atom. The lowest BCUT2D eigenvalue weighted by Gasteiger charge is -2.04. The molecule has 0 saturated heterocycles. The molecule has 1 aromatic heterocycles. The van der Waals surface area contributed by atoms with Crippen molar-refractivity contribution in [3.05, 3.63) is 51.8 Å². The second-order valence-electron chi connectivity index (χ2n) is 3.19. The number of benzene rings is 1. The Morgan fingerprint density at radius 2 is 1.94 bits per heavy atom. The number of aromatic nitrogens is 2. The van der Waals surface area contributed by atoms with E-state index in [0.717, 1.165) is 4.47 Å². The van der Waals surface area contributed by atoms with E-state index < -0.39 is 0 Å². The maximum atomic E-state index is 11.8. The maximum absolute atomic E-state index is 11.8. The Hall–Kier alpha value is -1.46. The Labute approximate surface area is 111 Å². The normalized spacial score (nSPS) is 10.0. The summed E-state index contributed by atoms with van der Waals surface area (Å²) in [5.41, 5.74) is 0.537. The van der Waals surface area contributed by atoms with Gasteiger partial charge in [0.05, 0.1) is 12.4 Å². The van der Waals surface area contributed by atoms with Gasteiger partial charge in [-0.3, -0.25) is 9.78 Å². The van der Waals surface area contributed by atoms with Gasteiger partial charge >= 0.3 is 0 Å². The molecule has 1 heterocycles. The number of hydrogen-bond acceptors (Lipinski definition) is 3. The van der Waals surface area contributed by atoms with Crippen molar-refractivity contribution >= 4 is 39.3 Å². The van der Waals surface area contributed by atoms with Crippen molar-refractivity contribution in [2.45, 2.75) is 0 Å². The third-order valence-electron chi connectivity index (χ3n) is 1.95. The minimum Gasteiger partial charge on any atom is -0.305 e. The summed E-state index contributed by atoms with van der Waals surface area (Å²) in [4.78, 5) is 19.5. The topological polar surface area (TPSA) is 54.9 Å². The van der Waals surface area contributed by atoms with Gasteiger partial charge in [-0.15, -0.1) is 0 Å². The quantitative estimate of drug-likeness (QED) is 0.927. The smallest absolute Gasteiger partial charge is 0.256 e. The van der Waals surface area contributed by atoms with E-state index in [-0.39, 0.29) is 11.1 Å². The number of carbonyl (C=O) groups excluding carboxylic acids is 1. The molecule has 0 aliphatic rings. The molecule has 1 N–H and O–H groups in total. The van der Waals surface area contributed by atoms with E-state index in [9.17, 15) is 4.79 Å². The van der Waals surface area contributed by atoms with E-state index in [1.54, 1.807) is 24.3 Å². The van der Waals surface area contributed by atoms with Gasteiger partial charge in [0.1, 0.15) is 5.15 Å². The highest BCUT2D eigenvalue weighted by Gasteiger charge is 2.06. The fourth-order valence-electron chi connectivity index (χ4n) is 1.19. The maximum Gasteiger partial charge on any atom is 0.256 e. The van der Waals surface area contributed by atoms with Crippen molar-refractivity contribution in [3.63, 3.8) is 0 Å².